The number of carbonyl (C=O) groups excluding carboxylic acids is 2. The summed E-state index contributed by atoms with van der Waals surface area (Å²) in [5, 5.41) is 20.8. The zero-order chi connectivity index (χ0) is 19.7. The first-order valence-corrected chi connectivity index (χ1v) is 10.4. The maximum absolute atomic E-state index is 12.6. The molecule has 2 N–H and O–H groups in total. The third-order valence-corrected chi connectivity index (χ3v) is 8.66. The number of fused-ring (bicyclic) bond motifs is 5. The minimum absolute atomic E-state index is 0.0472. The zero-order valence-electron chi connectivity index (χ0n) is 16.8. The van der Waals surface area contributed by atoms with Crippen molar-refractivity contribution in [3.63, 3.8) is 0 Å². The van der Waals surface area contributed by atoms with Crippen molar-refractivity contribution in [2.75, 3.05) is 6.61 Å². The fourth-order valence-corrected chi connectivity index (χ4v) is 7.90. The van der Waals surface area contributed by atoms with Crippen molar-refractivity contribution in [1.82, 2.24) is 0 Å². The van der Waals surface area contributed by atoms with Crippen LogP contribution in [0.1, 0.15) is 47.0 Å². The largest absolute Gasteiger partial charge is 0.393 e. The van der Waals surface area contributed by atoms with Crippen LogP contribution < -0.4 is 0 Å². The molecule has 148 valence electrons. The summed E-state index contributed by atoms with van der Waals surface area (Å²) in [4.78, 5) is 24.5. The first-order valence-electron chi connectivity index (χ1n) is 10.4. The molecule has 0 bridgehead atoms. The van der Waals surface area contributed by atoms with Gasteiger partial charge < -0.3 is 10.2 Å². The lowest BCUT2D eigenvalue weighted by atomic mass is 9.45. The molecule has 0 aliphatic heterocycles. The van der Waals surface area contributed by atoms with Crippen LogP contribution >= 0.6 is 0 Å². The van der Waals surface area contributed by atoms with E-state index in [-0.39, 0.29) is 40.2 Å². The van der Waals surface area contributed by atoms with Crippen molar-refractivity contribution in [3.8, 4) is 0 Å². The molecule has 4 nitrogen and oxygen atoms in total. The highest BCUT2D eigenvalue weighted by Crippen LogP contribution is 2.67. The Morgan fingerprint density at radius 1 is 1.26 bits per heavy atom. The van der Waals surface area contributed by atoms with E-state index in [0.29, 0.717) is 24.2 Å². The number of aliphatic hydroxyl groups is 2. The summed E-state index contributed by atoms with van der Waals surface area (Å²) >= 11 is 0. The number of hydrogen-bond acceptors (Lipinski definition) is 4. The van der Waals surface area contributed by atoms with Gasteiger partial charge in [0.2, 0.25) is 0 Å². The van der Waals surface area contributed by atoms with Crippen LogP contribution in [0.15, 0.2) is 23.8 Å². The summed E-state index contributed by atoms with van der Waals surface area (Å²) in [6, 6.07) is 0. The molecule has 4 aliphatic carbocycles. The second-order valence-corrected chi connectivity index (χ2v) is 10.1. The van der Waals surface area contributed by atoms with Gasteiger partial charge in [-0.1, -0.05) is 39.3 Å². The maximum Gasteiger partial charge on any atom is 0.178 e. The fourth-order valence-electron chi connectivity index (χ4n) is 7.90. The Balaban J connectivity index is 1.77. The van der Waals surface area contributed by atoms with Gasteiger partial charge in [-0.05, 0) is 60.5 Å². The molecule has 9 atom stereocenters. The molecule has 9 unspecified atom stereocenters. The molecule has 0 aromatic carbocycles. The van der Waals surface area contributed by atoms with Gasteiger partial charge in [-0.3, -0.25) is 9.59 Å². The highest BCUT2D eigenvalue weighted by Gasteiger charge is 2.64. The molecule has 0 spiro atoms. The van der Waals surface area contributed by atoms with Crippen molar-refractivity contribution >= 4 is 11.6 Å². The lowest BCUT2D eigenvalue weighted by Gasteiger charge is -2.60. The molecule has 0 amide bonds. The minimum Gasteiger partial charge on any atom is -0.393 e. The third-order valence-electron chi connectivity index (χ3n) is 8.66. The smallest absolute Gasteiger partial charge is 0.178 e. The topological polar surface area (TPSA) is 74.6 Å². The van der Waals surface area contributed by atoms with Crippen LogP contribution in [0, 0.1) is 46.3 Å². The van der Waals surface area contributed by atoms with E-state index in [1.165, 1.54) is 0 Å². The van der Waals surface area contributed by atoms with Gasteiger partial charge in [0.1, 0.15) is 6.61 Å². The summed E-state index contributed by atoms with van der Waals surface area (Å²) in [6.45, 7) is 8.25. The normalized spacial score (nSPS) is 51.3. The van der Waals surface area contributed by atoms with Gasteiger partial charge in [0.15, 0.2) is 11.6 Å². The van der Waals surface area contributed by atoms with Crippen LogP contribution in [0.5, 0.6) is 0 Å². The predicted molar refractivity (Wildman–Crippen MR) is 103 cm³/mol. The molecule has 4 heteroatoms. The molecule has 0 heterocycles. The van der Waals surface area contributed by atoms with E-state index >= 15 is 0 Å². The number of Topliss-reactive ketones (excluding diaryl/α,β-unsaturated/α-hetero) is 1. The number of allylic oxidation sites excluding steroid dienone is 4. The number of rotatable bonds is 2. The maximum atomic E-state index is 12.6. The predicted octanol–water partition coefficient (Wildman–Crippen LogP) is 2.93. The molecule has 4 aliphatic rings. The van der Waals surface area contributed by atoms with Crippen molar-refractivity contribution in [2.24, 2.45) is 46.3 Å². The molecule has 27 heavy (non-hydrogen) atoms. The average molecular weight is 373 g/mol. The van der Waals surface area contributed by atoms with Gasteiger partial charge in [-0.25, -0.2) is 0 Å². The van der Waals surface area contributed by atoms with Crippen LogP contribution in [0.4, 0.5) is 0 Å². The first-order chi connectivity index (χ1) is 12.6. The van der Waals surface area contributed by atoms with Crippen molar-refractivity contribution < 1.29 is 19.8 Å². The van der Waals surface area contributed by atoms with Crippen LogP contribution in [-0.4, -0.2) is 34.5 Å². The molecule has 0 radical (unpaired) electrons. The second-order valence-electron chi connectivity index (χ2n) is 10.1. The van der Waals surface area contributed by atoms with Crippen molar-refractivity contribution in [1.29, 1.82) is 0 Å². The van der Waals surface area contributed by atoms with E-state index in [0.717, 1.165) is 18.4 Å². The quantitative estimate of drug-likeness (QED) is 0.782. The summed E-state index contributed by atoms with van der Waals surface area (Å²) < 4.78 is 0. The average Bonchev–Trinajstić information content (AvgIpc) is 2.85. The summed E-state index contributed by atoms with van der Waals surface area (Å²) in [5.74, 6) is 1.10. The molecule has 4 rings (SSSR count). The number of ketones is 2. The number of carbonyl (C=O) groups is 2. The van der Waals surface area contributed by atoms with E-state index in [1.54, 1.807) is 12.2 Å². The first kappa shape index (κ1) is 19.1. The number of hydrogen-bond donors (Lipinski definition) is 2. The van der Waals surface area contributed by atoms with Crippen molar-refractivity contribution in [3.05, 3.63) is 23.8 Å². The molecule has 0 aromatic rings. The Morgan fingerprint density at radius 2 is 1.96 bits per heavy atom. The molecular formula is C23H32O4. The van der Waals surface area contributed by atoms with Crippen LogP contribution in [0.2, 0.25) is 0 Å². The Morgan fingerprint density at radius 3 is 2.63 bits per heavy atom. The van der Waals surface area contributed by atoms with E-state index in [4.69, 9.17) is 0 Å². The van der Waals surface area contributed by atoms with E-state index in [1.807, 2.05) is 6.08 Å². The third kappa shape index (κ3) is 2.49. The van der Waals surface area contributed by atoms with Gasteiger partial charge in [0, 0.05) is 17.3 Å². The molecule has 0 saturated heterocycles. The van der Waals surface area contributed by atoms with Gasteiger partial charge in [0.05, 0.1) is 6.10 Å². The lowest BCUT2D eigenvalue weighted by molar-refractivity contribution is -0.144. The Bertz CT molecular complexity index is 737. The monoisotopic (exact) mass is 372 g/mol. The zero-order valence-corrected chi connectivity index (χ0v) is 16.8. The van der Waals surface area contributed by atoms with Gasteiger partial charge in [-0.2, -0.15) is 0 Å². The Kier molecular flexibility index (Phi) is 4.32. The Hall–Kier alpha value is -1.26. The fraction of sp³-hybridized carbons (Fsp3) is 0.739. The van der Waals surface area contributed by atoms with Gasteiger partial charge in [-0.15, -0.1) is 0 Å². The van der Waals surface area contributed by atoms with Crippen molar-refractivity contribution in [2.45, 2.75) is 53.1 Å². The summed E-state index contributed by atoms with van der Waals surface area (Å²) in [5.41, 5.74) is 0.609. The minimum atomic E-state index is -0.505. The van der Waals surface area contributed by atoms with Crippen LogP contribution in [0.3, 0.4) is 0 Å². The standard InChI is InChI=1S/C23H32O4/c1-12-7-15-17-8-13(2)20(19(27)11-24)23(17,4)10-18(26)21(15)22(3)6-5-14(25)9-16(12)22/h5-6,9,12-13,15,17-18,20-21,24,26H,7-8,10-11H2,1-4H3. The van der Waals surface area contributed by atoms with E-state index in [2.05, 4.69) is 27.7 Å². The SMILES string of the molecule is CC1CC2C(C(O)CC3(C)C2CC(C)C3C(=O)CO)C2(C)C=CC(=O)C=C12. The molecule has 0 aromatic heterocycles. The second kappa shape index (κ2) is 6.12. The van der Waals surface area contributed by atoms with E-state index < -0.39 is 12.7 Å². The lowest BCUT2D eigenvalue weighted by Crippen LogP contribution is -2.57. The Labute approximate surface area is 161 Å². The molecular weight excluding hydrogens is 340 g/mol. The summed E-state index contributed by atoms with van der Waals surface area (Å²) in [6.07, 6.45) is 7.50. The molecule has 3 saturated carbocycles. The van der Waals surface area contributed by atoms with Crippen LogP contribution in [0.25, 0.3) is 0 Å². The highest BCUT2D eigenvalue weighted by atomic mass is 16.3. The highest BCUT2D eigenvalue weighted by molar-refractivity contribution is 6.01. The van der Waals surface area contributed by atoms with E-state index in [9.17, 15) is 19.8 Å². The molecule has 3 fully saturated rings. The van der Waals surface area contributed by atoms with Gasteiger partial charge in [0.25, 0.3) is 0 Å². The van der Waals surface area contributed by atoms with Crippen LogP contribution in [-0.2, 0) is 9.59 Å². The summed E-state index contributed by atoms with van der Waals surface area (Å²) in [7, 11) is 0. The number of aliphatic hydroxyl groups excluding tert-OH is 2. The van der Waals surface area contributed by atoms with Gasteiger partial charge >= 0.3 is 0 Å².